The fourth-order valence-electron chi connectivity index (χ4n) is 0.153. The van der Waals surface area contributed by atoms with Crippen LogP contribution < -0.4 is 5.73 Å². The summed E-state index contributed by atoms with van der Waals surface area (Å²) in [7, 11) is -5.17. The number of hydrogen-bond donors (Lipinski definition) is 5. The van der Waals surface area contributed by atoms with E-state index in [1.165, 1.54) is 0 Å². The molecule has 7 nitrogen and oxygen atoms in total. The Balaban J connectivity index is 4.76. The van der Waals surface area contributed by atoms with Gasteiger partial charge >= 0.3 is 15.2 Å². The summed E-state index contributed by atoms with van der Waals surface area (Å²) in [5, 5.41) is 21.0. The number of aliphatic hydroxyl groups excluding tert-OH is 1. The molecule has 10 heavy (non-hydrogen) atoms. The van der Waals surface area contributed by atoms with E-state index in [-0.39, 0.29) is 0 Å². The molecule has 8 heteroatoms. The number of aliphatic hydroxyl groups is 3. The van der Waals surface area contributed by atoms with Crippen molar-refractivity contribution in [3.8, 4) is 0 Å². The minimum absolute atomic E-state index is 2.47. The van der Waals surface area contributed by atoms with Crippen LogP contribution in [0.5, 0.6) is 0 Å². The molecule has 0 aromatic carbocycles. The topological polar surface area (TPSA) is 141 Å². The van der Waals surface area contributed by atoms with Gasteiger partial charge in [-0.3, -0.25) is 4.55 Å². The SMILES string of the molecule is NC(O)C(O)(O)S(=O)(=O)O. The first kappa shape index (κ1) is 9.75. The average Bonchev–Trinajstić information content (AvgIpc) is 1.62. The van der Waals surface area contributed by atoms with Gasteiger partial charge in [-0.05, 0) is 0 Å². The highest BCUT2D eigenvalue weighted by Crippen LogP contribution is 2.09. The first-order valence-corrected chi connectivity index (χ1v) is 3.49. The van der Waals surface area contributed by atoms with Gasteiger partial charge in [0.15, 0.2) is 6.23 Å². The van der Waals surface area contributed by atoms with Gasteiger partial charge in [0.25, 0.3) is 0 Å². The second kappa shape index (κ2) is 2.42. The zero-order valence-electron chi connectivity index (χ0n) is 4.67. The molecule has 0 aliphatic carbocycles. The van der Waals surface area contributed by atoms with Crippen LogP contribution in [0, 0.1) is 0 Å². The van der Waals surface area contributed by atoms with Gasteiger partial charge in [0.2, 0.25) is 0 Å². The van der Waals surface area contributed by atoms with Crippen LogP contribution >= 0.6 is 0 Å². The summed E-state index contributed by atoms with van der Waals surface area (Å²) in [5.74, 6) is 0. The quantitative estimate of drug-likeness (QED) is 0.218. The maximum atomic E-state index is 9.91. The number of hydrogen-bond acceptors (Lipinski definition) is 6. The maximum Gasteiger partial charge on any atom is 0.335 e. The Morgan fingerprint density at radius 2 is 1.70 bits per heavy atom. The van der Waals surface area contributed by atoms with Crippen molar-refractivity contribution in [2.45, 2.75) is 11.3 Å². The van der Waals surface area contributed by atoms with Crippen LogP contribution in [-0.4, -0.2) is 39.6 Å². The second-order valence-corrected chi connectivity index (χ2v) is 3.13. The van der Waals surface area contributed by atoms with Gasteiger partial charge < -0.3 is 21.1 Å². The van der Waals surface area contributed by atoms with Crippen LogP contribution in [0.15, 0.2) is 0 Å². The minimum Gasteiger partial charge on any atom is -0.372 e. The second-order valence-electron chi connectivity index (χ2n) is 1.58. The van der Waals surface area contributed by atoms with Crippen LogP contribution in [0.4, 0.5) is 0 Å². The maximum absolute atomic E-state index is 9.91. The van der Waals surface area contributed by atoms with E-state index in [1.54, 1.807) is 0 Å². The molecule has 1 atom stereocenters. The summed E-state index contributed by atoms with van der Waals surface area (Å²) in [6.07, 6.45) is -2.47. The Kier molecular flexibility index (Phi) is 2.36. The third kappa shape index (κ3) is 1.62. The highest BCUT2D eigenvalue weighted by atomic mass is 32.2. The predicted octanol–water partition coefficient (Wildman–Crippen LogP) is -3.21. The monoisotopic (exact) mass is 173 g/mol. The largest absolute Gasteiger partial charge is 0.372 e. The van der Waals surface area contributed by atoms with Crippen molar-refractivity contribution in [3.05, 3.63) is 0 Å². The van der Waals surface area contributed by atoms with Gasteiger partial charge in [0.1, 0.15) is 0 Å². The normalized spacial score (nSPS) is 16.9. The van der Waals surface area contributed by atoms with E-state index in [9.17, 15) is 8.42 Å². The van der Waals surface area contributed by atoms with E-state index in [4.69, 9.17) is 19.9 Å². The summed E-state index contributed by atoms with van der Waals surface area (Å²) in [6.45, 7) is 0. The third-order valence-corrected chi connectivity index (χ3v) is 1.77. The van der Waals surface area contributed by atoms with Crippen molar-refractivity contribution in [2.75, 3.05) is 0 Å². The molecule has 6 N–H and O–H groups in total. The molecule has 0 amide bonds. The van der Waals surface area contributed by atoms with Crippen molar-refractivity contribution in [1.29, 1.82) is 0 Å². The lowest BCUT2D eigenvalue weighted by Gasteiger charge is -2.19. The van der Waals surface area contributed by atoms with E-state index in [0.29, 0.717) is 0 Å². The molecular formula is C2H7NO6S. The van der Waals surface area contributed by atoms with Crippen molar-refractivity contribution in [1.82, 2.24) is 0 Å². The van der Waals surface area contributed by atoms with Crippen LogP contribution in [-0.2, 0) is 10.1 Å². The smallest absolute Gasteiger partial charge is 0.335 e. The fraction of sp³-hybridized carbons (Fsp3) is 1.00. The van der Waals surface area contributed by atoms with Crippen molar-refractivity contribution in [2.24, 2.45) is 5.73 Å². The molecular weight excluding hydrogens is 166 g/mol. The Morgan fingerprint density at radius 1 is 1.40 bits per heavy atom. The van der Waals surface area contributed by atoms with Gasteiger partial charge in [-0.25, -0.2) is 0 Å². The highest BCUT2D eigenvalue weighted by molar-refractivity contribution is 7.86. The zero-order valence-corrected chi connectivity index (χ0v) is 5.48. The van der Waals surface area contributed by atoms with Crippen molar-refractivity contribution < 1.29 is 28.3 Å². The average molecular weight is 173 g/mol. The standard InChI is InChI=1S/C2H7NO6S/c3-1(4)2(5,6)10(7,8)9/h1,4-6H,3H2,(H,7,8,9). The lowest BCUT2D eigenvalue weighted by atomic mass is 10.6. The predicted molar refractivity (Wildman–Crippen MR) is 28.9 cm³/mol. The molecule has 0 radical (unpaired) electrons. The van der Waals surface area contributed by atoms with Crippen LogP contribution in [0.2, 0.25) is 0 Å². The van der Waals surface area contributed by atoms with E-state index in [2.05, 4.69) is 5.73 Å². The Hall–Kier alpha value is -0.250. The zero-order chi connectivity index (χ0) is 8.58. The molecule has 0 spiro atoms. The van der Waals surface area contributed by atoms with Crippen LogP contribution in [0.3, 0.4) is 0 Å². The third-order valence-electron chi connectivity index (χ3n) is 0.765. The Labute approximate surface area is 56.5 Å². The Bertz CT molecular complexity index is 204. The van der Waals surface area contributed by atoms with E-state index >= 15 is 0 Å². The highest BCUT2D eigenvalue weighted by Gasteiger charge is 2.44. The summed E-state index contributed by atoms with van der Waals surface area (Å²) in [4.78, 5) is 0. The summed E-state index contributed by atoms with van der Waals surface area (Å²) in [5.41, 5.74) is 4.37. The first-order valence-electron chi connectivity index (χ1n) is 2.05. The lowest BCUT2D eigenvalue weighted by molar-refractivity contribution is -0.162. The van der Waals surface area contributed by atoms with E-state index < -0.39 is 21.5 Å². The minimum atomic E-state index is -5.17. The van der Waals surface area contributed by atoms with Crippen molar-refractivity contribution >= 4 is 10.1 Å². The number of rotatable bonds is 2. The molecule has 1 unspecified atom stereocenters. The molecule has 0 saturated carbocycles. The fourth-order valence-corrected chi connectivity index (χ4v) is 0.458. The molecule has 0 aromatic heterocycles. The molecule has 0 heterocycles. The molecule has 0 saturated heterocycles. The molecule has 62 valence electrons. The molecule has 0 bridgehead atoms. The molecule has 0 aliphatic heterocycles. The van der Waals surface area contributed by atoms with Gasteiger partial charge in [-0.2, -0.15) is 8.42 Å². The molecule has 0 rings (SSSR count). The van der Waals surface area contributed by atoms with E-state index in [0.717, 1.165) is 0 Å². The summed E-state index contributed by atoms with van der Waals surface area (Å²) >= 11 is 0. The summed E-state index contributed by atoms with van der Waals surface area (Å²) < 4.78 is 27.8. The Morgan fingerprint density at radius 3 is 1.70 bits per heavy atom. The van der Waals surface area contributed by atoms with Gasteiger partial charge in [0.05, 0.1) is 0 Å². The van der Waals surface area contributed by atoms with E-state index in [1.807, 2.05) is 0 Å². The number of nitrogens with two attached hydrogens (primary N) is 1. The van der Waals surface area contributed by atoms with Gasteiger partial charge in [-0.15, -0.1) is 0 Å². The lowest BCUT2D eigenvalue weighted by Crippen LogP contribution is -2.53. The molecule has 0 aliphatic rings. The van der Waals surface area contributed by atoms with Gasteiger partial charge in [0, 0.05) is 0 Å². The van der Waals surface area contributed by atoms with Crippen LogP contribution in [0.1, 0.15) is 0 Å². The van der Waals surface area contributed by atoms with Crippen molar-refractivity contribution in [3.63, 3.8) is 0 Å². The van der Waals surface area contributed by atoms with Crippen LogP contribution in [0.25, 0.3) is 0 Å². The van der Waals surface area contributed by atoms with Gasteiger partial charge in [-0.1, -0.05) is 0 Å². The first-order chi connectivity index (χ1) is 4.19. The molecule has 0 fully saturated rings. The molecule has 0 aromatic rings. The summed E-state index contributed by atoms with van der Waals surface area (Å²) in [6, 6.07) is 0.